The van der Waals surface area contributed by atoms with Crippen LogP contribution in [0.15, 0.2) is 18.2 Å². The van der Waals surface area contributed by atoms with E-state index in [1.807, 2.05) is 25.1 Å². The van der Waals surface area contributed by atoms with Crippen LogP contribution in [-0.4, -0.2) is 19.1 Å². The highest BCUT2D eigenvalue weighted by Gasteiger charge is 2.00. The number of amides is 2. The Labute approximate surface area is 88.8 Å². The van der Waals surface area contributed by atoms with Gasteiger partial charge in [0.25, 0.3) is 0 Å². The molecule has 82 valence electrons. The number of carbonyl (C=O) groups excluding carboxylic acids is 1. The largest absolute Gasteiger partial charge is 0.397 e. The van der Waals surface area contributed by atoms with Crippen LogP contribution in [0.1, 0.15) is 5.56 Å². The Morgan fingerprint density at radius 1 is 1.40 bits per heavy atom. The van der Waals surface area contributed by atoms with Crippen molar-refractivity contribution in [1.29, 1.82) is 0 Å². The van der Waals surface area contributed by atoms with Gasteiger partial charge in [0, 0.05) is 13.1 Å². The number of hydrogen-bond acceptors (Lipinski definition) is 3. The molecular formula is C10H16N4O. The van der Waals surface area contributed by atoms with E-state index in [4.69, 9.17) is 11.5 Å². The summed E-state index contributed by atoms with van der Waals surface area (Å²) in [5, 5.41) is 5.63. The van der Waals surface area contributed by atoms with Crippen LogP contribution in [0, 0.1) is 6.92 Å². The maximum Gasteiger partial charge on any atom is 0.312 e. The van der Waals surface area contributed by atoms with Gasteiger partial charge in [-0.15, -0.1) is 0 Å². The van der Waals surface area contributed by atoms with Crippen molar-refractivity contribution in [2.45, 2.75) is 6.92 Å². The summed E-state index contributed by atoms with van der Waals surface area (Å²) in [4.78, 5) is 10.4. The van der Waals surface area contributed by atoms with Gasteiger partial charge < -0.3 is 22.1 Å². The minimum Gasteiger partial charge on any atom is -0.397 e. The van der Waals surface area contributed by atoms with Crippen molar-refractivity contribution in [3.63, 3.8) is 0 Å². The molecule has 0 aromatic heterocycles. The Balaban J connectivity index is 2.47. The fourth-order valence-electron chi connectivity index (χ4n) is 1.31. The summed E-state index contributed by atoms with van der Waals surface area (Å²) in [5.41, 5.74) is 13.4. The number of nitrogens with one attached hydrogen (secondary N) is 2. The minimum absolute atomic E-state index is 0.475. The highest BCUT2D eigenvalue weighted by molar-refractivity contribution is 5.72. The zero-order valence-electron chi connectivity index (χ0n) is 8.71. The molecule has 0 bridgehead atoms. The van der Waals surface area contributed by atoms with E-state index in [-0.39, 0.29) is 0 Å². The number of benzene rings is 1. The minimum atomic E-state index is -0.519. The Hall–Kier alpha value is -1.91. The van der Waals surface area contributed by atoms with Crippen molar-refractivity contribution in [3.8, 4) is 0 Å². The molecule has 2 amide bonds. The second-order valence-electron chi connectivity index (χ2n) is 3.26. The van der Waals surface area contributed by atoms with Crippen LogP contribution in [0.3, 0.4) is 0 Å². The molecule has 1 aromatic rings. The Kier molecular flexibility index (Phi) is 3.79. The molecule has 5 heteroatoms. The lowest BCUT2D eigenvalue weighted by Crippen LogP contribution is -2.33. The molecule has 1 aromatic carbocycles. The quantitative estimate of drug-likeness (QED) is 0.432. The molecule has 0 spiro atoms. The van der Waals surface area contributed by atoms with E-state index in [1.165, 1.54) is 0 Å². The normalized spacial score (nSPS) is 9.67. The fraction of sp³-hybridized carbons (Fsp3) is 0.300. The molecular weight excluding hydrogens is 192 g/mol. The highest BCUT2D eigenvalue weighted by Crippen LogP contribution is 2.21. The van der Waals surface area contributed by atoms with Gasteiger partial charge in [-0.25, -0.2) is 4.79 Å². The van der Waals surface area contributed by atoms with Crippen molar-refractivity contribution in [2.24, 2.45) is 5.73 Å². The first-order chi connectivity index (χ1) is 7.11. The van der Waals surface area contributed by atoms with Crippen molar-refractivity contribution in [2.75, 3.05) is 24.1 Å². The number of rotatable bonds is 4. The summed E-state index contributed by atoms with van der Waals surface area (Å²) in [6, 6.07) is 5.18. The smallest absolute Gasteiger partial charge is 0.312 e. The van der Waals surface area contributed by atoms with Crippen LogP contribution in [0.2, 0.25) is 0 Å². The molecule has 0 aliphatic carbocycles. The van der Waals surface area contributed by atoms with E-state index >= 15 is 0 Å². The first kappa shape index (κ1) is 11.2. The van der Waals surface area contributed by atoms with Gasteiger partial charge in [-0.3, -0.25) is 0 Å². The second kappa shape index (κ2) is 5.09. The number of nitrogen functional groups attached to an aromatic ring is 1. The highest BCUT2D eigenvalue weighted by atomic mass is 16.2. The van der Waals surface area contributed by atoms with E-state index in [0.717, 1.165) is 11.3 Å². The lowest BCUT2D eigenvalue weighted by atomic mass is 10.1. The molecule has 0 atom stereocenters. The summed E-state index contributed by atoms with van der Waals surface area (Å²) in [6.07, 6.45) is 0. The van der Waals surface area contributed by atoms with Crippen LogP contribution < -0.4 is 22.1 Å². The van der Waals surface area contributed by atoms with Gasteiger partial charge in [0.15, 0.2) is 0 Å². The topological polar surface area (TPSA) is 93.2 Å². The van der Waals surface area contributed by atoms with E-state index in [9.17, 15) is 4.79 Å². The molecule has 0 saturated heterocycles. The molecule has 0 radical (unpaired) electrons. The fourth-order valence-corrected chi connectivity index (χ4v) is 1.31. The summed E-state index contributed by atoms with van der Waals surface area (Å²) in [7, 11) is 0. The maximum atomic E-state index is 10.4. The van der Waals surface area contributed by atoms with E-state index in [1.54, 1.807) is 0 Å². The molecule has 0 saturated carbocycles. The van der Waals surface area contributed by atoms with Crippen molar-refractivity contribution in [3.05, 3.63) is 23.8 Å². The number of aryl methyl sites for hydroxylation is 1. The molecule has 15 heavy (non-hydrogen) atoms. The first-order valence-corrected chi connectivity index (χ1v) is 4.73. The second-order valence-corrected chi connectivity index (χ2v) is 3.26. The average Bonchev–Trinajstić information content (AvgIpc) is 2.15. The Morgan fingerprint density at radius 3 is 2.73 bits per heavy atom. The van der Waals surface area contributed by atoms with E-state index < -0.39 is 6.03 Å². The molecule has 0 fully saturated rings. The van der Waals surface area contributed by atoms with Gasteiger partial charge in [-0.05, 0) is 18.6 Å². The zero-order chi connectivity index (χ0) is 11.3. The molecule has 6 N–H and O–H groups in total. The monoisotopic (exact) mass is 208 g/mol. The molecule has 0 unspecified atom stereocenters. The van der Waals surface area contributed by atoms with E-state index in [0.29, 0.717) is 18.8 Å². The number of hydrogen-bond donors (Lipinski definition) is 4. The zero-order valence-corrected chi connectivity index (χ0v) is 8.71. The third-order valence-corrected chi connectivity index (χ3v) is 2.03. The molecule has 5 nitrogen and oxygen atoms in total. The van der Waals surface area contributed by atoms with Crippen molar-refractivity contribution in [1.82, 2.24) is 5.32 Å². The lowest BCUT2D eigenvalue weighted by molar-refractivity contribution is 0.249. The number of carbonyl (C=O) groups is 1. The van der Waals surface area contributed by atoms with Crippen LogP contribution in [0.25, 0.3) is 0 Å². The lowest BCUT2D eigenvalue weighted by Gasteiger charge is -2.11. The Bertz CT molecular complexity index is 331. The van der Waals surface area contributed by atoms with E-state index in [2.05, 4.69) is 10.6 Å². The van der Waals surface area contributed by atoms with Crippen LogP contribution >= 0.6 is 0 Å². The van der Waals surface area contributed by atoms with Gasteiger partial charge in [0.1, 0.15) is 0 Å². The SMILES string of the molecule is Cc1cccc(N)c1NCCNC(N)=O. The maximum absolute atomic E-state index is 10.4. The number of para-hydroxylation sites is 1. The molecule has 0 aliphatic rings. The summed E-state index contributed by atoms with van der Waals surface area (Å²) >= 11 is 0. The third kappa shape index (κ3) is 3.38. The van der Waals surface area contributed by atoms with Crippen LogP contribution in [0.4, 0.5) is 16.2 Å². The first-order valence-electron chi connectivity index (χ1n) is 4.73. The van der Waals surface area contributed by atoms with Crippen LogP contribution in [0.5, 0.6) is 0 Å². The van der Waals surface area contributed by atoms with Gasteiger partial charge in [-0.2, -0.15) is 0 Å². The molecule has 0 heterocycles. The average molecular weight is 208 g/mol. The molecule has 0 aliphatic heterocycles. The number of nitrogens with two attached hydrogens (primary N) is 2. The van der Waals surface area contributed by atoms with Gasteiger partial charge >= 0.3 is 6.03 Å². The summed E-state index contributed by atoms with van der Waals surface area (Å²) in [5.74, 6) is 0. The van der Waals surface area contributed by atoms with Gasteiger partial charge in [0.2, 0.25) is 0 Å². The number of primary amides is 1. The third-order valence-electron chi connectivity index (χ3n) is 2.03. The number of anilines is 2. The van der Waals surface area contributed by atoms with Crippen molar-refractivity contribution < 1.29 is 4.79 Å². The van der Waals surface area contributed by atoms with Gasteiger partial charge in [-0.1, -0.05) is 12.1 Å². The predicted octanol–water partition coefficient (Wildman–Crippen LogP) is 0.657. The molecule has 1 rings (SSSR count). The standard InChI is InChI=1S/C10H16N4O/c1-7-3-2-4-8(11)9(7)13-5-6-14-10(12)15/h2-4,13H,5-6,11H2,1H3,(H3,12,14,15). The van der Waals surface area contributed by atoms with Crippen LogP contribution in [-0.2, 0) is 0 Å². The predicted molar refractivity (Wildman–Crippen MR) is 61.7 cm³/mol. The summed E-state index contributed by atoms with van der Waals surface area (Å²) in [6.45, 7) is 3.04. The Morgan fingerprint density at radius 2 is 2.13 bits per heavy atom. The van der Waals surface area contributed by atoms with Gasteiger partial charge in [0.05, 0.1) is 11.4 Å². The van der Waals surface area contributed by atoms with Crippen molar-refractivity contribution >= 4 is 17.4 Å². The number of urea groups is 1. The summed E-state index contributed by atoms with van der Waals surface area (Å²) < 4.78 is 0.